The van der Waals surface area contributed by atoms with Crippen LogP contribution >= 0.6 is 0 Å². The number of nitrogens with two attached hydrogens (primary N) is 1. The Balaban J connectivity index is 1.95. The van der Waals surface area contributed by atoms with E-state index in [9.17, 15) is 18.0 Å². The lowest BCUT2D eigenvalue weighted by molar-refractivity contribution is -0.0145. The van der Waals surface area contributed by atoms with Crippen LogP contribution in [0, 0.1) is 12.7 Å². The number of rotatable bonds is 5. The van der Waals surface area contributed by atoms with Crippen LogP contribution in [0.1, 0.15) is 21.6 Å². The summed E-state index contributed by atoms with van der Waals surface area (Å²) in [7, 11) is 1.47. The molecule has 1 aliphatic rings. The summed E-state index contributed by atoms with van der Waals surface area (Å²) in [6, 6.07) is 4.96. The maximum absolute atomic E-state index is 14.5. The Kier molecular flexibility index (Phi) is 5.73. The number of carbonyl (C=O) groups is 1. The second kappa shape index (κ2) is 8.08. The highest BCUT2D eigenvalue weighted by atomic mass is 19.3. The lowest BCUT2D eigenvalue weighted by Gasteiger charge is -2.33. The van der Waals surface area contributed by atoms with E-state index in [1.54, 1.807) is 13.0 Å². The van der Waals surface area contributed by atoms with Crippen molar-refractivity contribution in [3.63, 3.8) is 0 Å². The van der Waals surface area contributed by atoms with Crippen molar-refractivity contribution in [1.82, 2.24) is 4.98 Å². The molecule has 0 fully saturated rings. The van der Waals surface area contributed by atoms with Crippen molar-refractivity contribution in [2.45, 2.75) is 18.9 Å². The SMILES string of the molecule is COc1cnc(C(=O)Nc2ccc(F)c([C@]3(C(F)F)COCC(N)=N3)c2)c(C)c1. The number of amidine groups is 1. The number of amides is 1. The van der Waals surface area contributed by atoms with Crippen LogP contribution in [-0.4, -0.2) is 43.5 Å². The summed E-state index contributed by atoms with van der Waals surface area (Å²) in [6.07, 6.45) is -1.70. The van der Waals surface area contributed by atoms with E-state index in [-0.39, 0.29) is 23.8 Å². The normalized spacial score (nSPS) is 19.0. The van der Waals surface area contributed by atoms with E-state index in [0.29, 0.717) is 11.3 Å². The molecule has 0 unspecified atom stereocenters. The average molecular weight is 408 g/mol. The van der Waals surface area contributed by atoms with Crippen molar-refractivity contribution in [1.29, 1.82) is 0 Å². The van der Waals surface area contributed by atoms with Gasteiger partial charge in [-0.25, -0.2) is 18.2 Å². The molecule has 1 aromatic carbocycles. The number of nitrogens with zero attached hydrogens (tertiary/aromatic N) is 2. The van der Waals surface area contributed by atoms with Gasteiger partial charge in [0.25, 0.3) is 12.3 Å². The van der Waals surface area contributed by atoms with Gasteiger partial charge in [-0.05, 0) is 36.8 Å². The second-order valence-corrected chi connectivity index (χ2v) is 6.51. The second-order valence-electron chi connectivity index (χ2n) is 6.51. The smallest absolute Gasteiger partial charge is 0.274 e. The van der Waals surface area contributed by atoms with Gasteiger partial charge in [0.05, 0.1) is 19.9 Å². The molecule has 1 aliphatic heterocycles. The number of hydrogen-bond acceptors (Lipinski definition) is 6. The maximum Gasteiger partial charge on any atom is 0.274 e. The molecule has 0 saturated carbocycles. The van der Waals surface area contributed by atoms with Crippen molar-refractivity contribution in [2.75, 3.05) is 25.6 Å². The lowest BCUT2D eigenvalue weighted by Crippen LogP contribution is -2.45. The van der Waals surface area contributed by atoms with E-state index in [0.717, 1.165) is 12.1 Å². The van der Waals surface area contributed by atoms with Gasteiger partial charge in [0.2, 0.25) is 0 Å². The van der Waals surface area contributed by atoms with Crippen molar-refractivity contribution in [3.05, 3.63) is 53.1 Å². The lowest BCUT2D eigenvalue weighted by atomic mass is 9.90. The molecule has 1 atom stereocenters. The molecule has 1 amide bonds. The number of methoxy groups -OCH3 is 1. The van der Waals surface area contributed by atoms with Crippen molar-refractivity contribution in [3.8, 4) is 5.75 Å². The summed E-state index contributed by atoms with van der Waals surface area (Å²) in [5, 5.41) is 2.54. The molecule has 154 valence electrons. The van der Waals surface area contributed by atoms with Crippen LogP contribution in [0.5, 0.6) is 5.75 Å². The first-order valence-corrected chi connectivity index (χ1v) is 8.59. The highest BCUT2D eigenvalue weighted by molar-refractivity contribution is 6.03. The molecule has 0 aliphatic carbocycles. The summed E-state index contributed by atoms with van der Waals surface area (Å²) >= 11 is 0. The van der Waals surface area contributed by atoms with Crippen LogP contribution in [0.3, 0.4) is 0 Å². The zero-order valence-electron chi connectivity index (χ0n) is 15.7. The predicted molar refractivity (Wildman–Crippen MR) is 100 cm³/mol. The number of alkyl halides is 2. The van der Waals surface area contributed by atoms with Crippen LogP contribution in [0.4, 0.5) is 18.9 Å². The number of hydrogen-bond donors (Lipinski definition) is 2. The van der Waals surface area contributed by atoms with Gasteiger partial charge in [0.1, 0.15) is 29.7 Å². The summed E-state index contributed by atoms with van der Waals surface area (Å²) in [5.41, 5.74) is 3.60. The number of carbonyl (C=O) groups excluding carboxylic acids is 1. The first kappa shape index (κ1) is 20.6. The molecule has 7 nitrogen and oxygen atoms in total. The topological polar surface area (TPSA) is 98.8 Å². The Morgan fingerprint density at radius 1 is 1.38 bits per heavy atom. The third kappa shape index (κ3) is 4.02. The number of benzene rings is 1. The van der Waals surface area contributed by atoms with Crippen LogP contribution < -0.4 is 15.8 Å². The molecule has 2 heterocycles. The largest absolute Gasteiger partial charge is 0.495 e. The van der Waals surface area contributed by atoms with E-state index in [1.165, 1.54) is 19.4 Å². The molecule has 29 heavy (non-hydrogen) atoms. The molecule has 0 bridgehead atoms. The number of ether oxygens (including phenoxy) is 2. The van der Waals surface area contributed by atoms with Gasteiger partial charge in [-0.2, -0.15) is 0 Å². The summed E-state index contributed by atoms with van der Waals surface area (Å²) in [6.45, 7) is 1.01. The van der Waals surface area contributed by atoms with Gasteiger partial charge in [0.15, 0.2) is 5.54 Å². The van der Waals surface area contributed by atoms with Crippen LogP contribution in [0.15, 0.2) is 35.5 Å². The molecule has 10 heteroatoms. The van der Waals surface area contributed by atoms with Crippen molar-refractivity contribution >= 4 is 17.4 Å². The van der Waals surface area contributed by atoms with Gasteiger partial charge < -0.3 is 20.5 Å². The number of pyridine rings is 1. The molecule has 0 saturated heterocycles. The van der Waals surface area contributed by atoms with E-state index >= 15 is 0 Å². The molecule has 0 spiro atoms. The van der Waals surface area contributed by atoms with Gasteiger partial charge >= 0.3 is 0 Å². The summed E-state index contributed by atoms with van der Waals surface area (Å²) in [4.78, 5) is 20.4. The zero-order valence-corrected chi connectivity index (χ0v) is 15.7. The first-order chi connectivity index (χ1) is 13.8. The molecule has 1 aromatic heterocycles. The van der Waals surface area contributed by atoms with Crippen molar-refractivity contribution in [2.24, 2.45) is 10.7 Å². The minimum Gasteiger partial charge on any atom is -0.495 e. The number of halogens is 3. The first-order valence-electron chi connectivity index (χ1n) is 8.59. The fourth-order valence-corrected chi connectivity index (χ4v) is 3.02. The average Bonchev–Trinajstić information content (AvgIpc) is 2.68. The van der Waals surface area contributed by atoms with Gasteiger partial charge in [-0.3, -0.25) is 9.79 Å². The quantitative estimate of drug-likeness (QED) is 0.793. The molecule has 0 radical (unpaired) electrons. The fraction of sp³-hybridized carbons (Fsp3) is 0.316. The van der Waals surface area contributed by atoms with E-state index in [2.05, 4.69) is 15.3 Å². The number of anilines is 1. The monoisotopic (exact) mass is 408 g/mol. The minimum atomic E-state index is -3.08. The Bertz CT molecular complexity index is 968. The Morgan fingerprint density at radius 3 is 2.76 bits per heavy atom. The minimum absolute atomic E-state index is 0.0998. The van der Waals surface area contributed by atoms with Gasteiger partial charge in [0, 0.05) is 11.3 Å². The van der Waals surface area contributed by atoms with Gasteiger partial charge in [-0.15, -0.1) is 0 Å². The van der Waals surface area contributed by atoms with E-state index in [4.69, 9.17) is 15.2 Å². The fourth-order valence-electron chi connectivity index (χ4n) is 3.02. The number of nitrogens with one attached hydrogen (secondary N) is 1. The summed E-state index contributed by atoms with van der Waals surface area (Å²) < 4.78 is 52.3. The predicted octanol–water partition coefficient (Wildman–Crippen LogP) is 2.64. The number of aryl methyl sites for hydroxylation is 1. The maximum atomic E-state index is 14.5. The van der Waals surface area contributed by atoms with E-state index < -0.39 is 35.9 Å². The molecule has 2 aromatic rings. The third-order valence-electron chi connectivity index (χ3n) is 4.47. The Labute approximate surface area is 164 Å². The molecular formula is C19H19F3N4O3. The highest BCUT2D eigenvalue weighted by Crippen LogP contribution is 2.38. The molecule has 3 rings (SSSR count). The molecule has 3 N–H and O–H groups in total. The molecular weight excluding hydrogens is 389 g/mol. The van der Waals surface area contributed by atoms with Crippen molar-refractivity contribution < 1.29 is 27.4 Å². The van der Waals surface area contributed by atoms with Crippen LogP contribution in [0.25, 0.3) is 0 Å². The van der Waals surface area contributed by atoms with Gasteiger partial charge in [-0.1, -0.05) is 0 Å². The number of aliphatic imine (C=N–C) groups is 1. The Morgan fingerprint density at radius 2 is 2.14 bits per heavy atom. The number of aromatic nitrogens is 1. The third-order valence-corrected chi connectivity index (χ3v) is 4.47. The highest BCUT2D eigenvalue weighted by Gasteiger charge is 2.46. The Hall–Kier alpha value is -3.14. The van der Waals surface area contributed by atoms with Crippen LogP contribution in [0.2, 0.25) is 0 Å². The van der Waals surface area contributed by atoms with Crippen LogP contribution in [-0.2, 0) is 10.3 Å². The zero-order chi connectivity index (χ0) is 21.2. The van der Waals surface area contributed by atoms with E-state index in [1.807, 2.05) is 0 Å². The standard InChI is InChI=1S/C19H19F3N4O3/c1-10-5-12(28-2)7-24-16(10)17(27)25-11-3-4-14(20)13(6-11)19(18(21)22)9-29-8-15(23)26-19/h3-7,18H,8-9H2,1-2H3,(H2,23,26)(H,25,27)/t19-/m0/s1. The summed E-state index contributed by atoms with van der Waals surface area (Å²) in [5.74, 6) is -1.18.